The van der Waals surface area contributed by atoms with Crippen molar-refractivity contribution in [3.05, 3.63) is 0 Å². The Kier molecular flexibility index (Phi) is 4.75. The third-order valence-electron chi connectivity index (χ3n) is 4.56. The van der Waals surface area contributed by atoms with Gasteiger partial charge < -0.3 is 4.74 Å². The van der Waals surface area contributed by atoms with Gasteiger partial charge in [0, 0.05) is 18.4 Å². The van der Waals surface area contributed by atoms with Crippen LogP contribution in [0.15, 0.2) is 0 Å². The van der Waals surface area contributed by atoms with Gasteiger partial charge in [0.05, 0.1) is 5.60 Å². The van der Waals surface area contributed by atoms with Crippen molar-refractivity contribution in [1.29, 1.82) is 0 Å². The van der Waals surface area contributed by atoms with Gasteiger partial charge in [-0.3, -0.25) is 11.3 Å². The number of thioether (sulfide) groups is 1. The number of nitrogens with two attached hydrogens (primary N) is 1. The van der Waals surface area contributed by atoms with E-state index in [0.717, 1.165) is 13.0 Å². The smallest absolute Gasteiger partial charge is 0.0783 e. The van der Waals surface area contributed by atoms with Crippen LogP contribution >= 0.6 is 11.8 Å². The maximum atomic E-state index is 6.08. The highest BCUT2D eigenvalue weighted by Crippen LogP contribution is 2.42. The Morgan fingerprint density at radius 3 is 3.00 bits per heavy atom. The predicted molar refractivity (Wildman–Crippen MR) is 73.9 cm³/mol. The summed E-state index contributed by atoms with van der Waals surface area (Å²) in [7, 11) is 0. The molecule has 0 aromatic heterocycles. The molecular formula is C13H26N2OS. The largest absolute Gasteiger partial charge is 0.374 e. The van der Waals surface area contributed by atoms with Crippen molar-refractivity contribution >= 4 is 11.8 Å². The van der Waals surface area contributed by atoms with E-state index in [4.69, 9.17) is 10.6 Å². The predicted octanol–water partition coefficient (Wildman–Crippen LogP) is 2.17. The molecule has 2 aliphatic rings. The van der Waals surface area contributed by atoms with Crippen LogP contribution in [0.4, 0.5) is 0 Å². The van der Waals surface area contributed by atoms with Crippen molar-refractivity contribution in [1.82, 2.24) is 5.43 Å². The molecule has 0 saturated carbocycles. The number of hydrogen-bond donors (Lipinski definition) is 2. The summed E-state index contributed by atoms with van der Waals surface area (Å²) < 4.78 is 6.08. The molecule has 4 heteroatoms. The minimum Gasteiger partial charge on any atom is -0.374 e. The second-order valence-corrected chi connectivity index (χ2v) is 6.77. The van der Waals surface area contributed by atoms with Crippen molar-refractivity contribution in [2.24, 2.45) is 17.7 Å². The van der Waals surface area contributed by atoms with E-state index in [9.17, 15) is 0 Å². The summed E-state index contributed by atoms with van der Waals surface area (Å²) in [5, 5.41) is 0. The lowest BCUT2D eigenvalue weighted by molar-refractivity contribution is -0.0880. The SMILES string of the molecule is CCC(C)C(NN)C1CCOC2(CCSC2)C1. The van der Waals surface area contributed by atoms with Crippen molar-refractivity contribution in [3.8, 4) is 0 Å². The molecule has 100 valence electrons. The lowest BCUT2D eigenvalue weighted by atomic mass is 9.77. The molecule has 0 aromatic carbocycles. The molecule has 1 spiro atoms. The van der Waals surface area contributed by atoms with Gasteiger partial charge in [-0.1, -0.05) is 20.3 Å². The van der Waals surface area contributed by atoms with Crippen molar-refractivity contribution in [3.63, 3.8) is 0 Å². The van der Waals surface area contributed by atoms with Crippen LogP contribution in [0.25, 0.3) is 0 Å². The lowest BCUT2D eigenvalue weighted by Crippen LogP contribution is -2.51. The topological polar surface area (TPSA) is 47.3 Å². The van der Waals surface area contributed by atoms with Crippen molar-refractivity contribution in [2.75, 3.05) is 18.1 Å². The average Bonchev–Trinajstić information content (AvgIpc) is 2.78. The fourth-order valence-electron chi connectivity index (χ4n) is 3.25. The van der Waals surface area contributed by atoms with E-state index >= 15 is 0 Å². The number of ether oxygens (including phenoxy) is 1. The summed E-state index contributed by atoms with van der Waals surface area (Å²) in [5.41, 5.74) is 3.24. The molecule has 2 heterocycles. The highest BCUT2D eigenvalue weighted by atomic mass is 32.2. The van der Waals surface area contributed by atoms with E-state index < -0.39 is 0 Å². The molecule has 0 amide bonds. The zero-order valence-corrected chi connectivity index (χ0v) is 11.9. The minimum atomic E-state index is 0.177. The maximum Gasteiger partial charge on any atom is 0.0783 e. The van der Waals surface area contributed by atoms with Gasteiger partial charge in [0.2, 0.25) is 0 Å². The van der Waals surface area contributed by atoms with E-state index in [2.05, 4.69) is 19.3 Å². The summed E-state index contributed by atoms with van der Waals surface area (Å²) in [4.78, 5) is 0. The third-order valence-corrected chi connectivity index (χ3v) is 5.78. The average molecular weight is 258 g/mol. The Balaban J connectivity index is 2.00. The quantitative estimate of drug-likeness (QED) is 0.599. The molecule has 4 unspecified atom stereocenters. The molecule has 3 nitrogen and oxygen atoms in total. The lowest BCUT2D eigenvalue weighted by Gasteiger charge is -2.42. The van der Waals surface area contributed by atoms with E-state index in [-0.39, 0.29) is 5.60 Å². The molecule has 0 radical (unpaired) electrons. The van der Waals surface area contributed by atoms with Crippen molar-refractivity contribution < 1.29 is 4.74 Å². The number of hydrazine groups is 1. The highest BCUT2D eigenvalue weighted by Gasteiger charge is 2.42. The fourth-order valence-corrected chi connectivity index (χ4v) is 4.63. The van der Waals surface area contributed by atoms with Crippen LogP contribution in [0.3, 0.4) is 0 Å². The van der Waals surface area contributed by atoms with E-state index in [0.29, 0.717) is 17.9 Å². The van der Waals surface area contributed by atoms with E-state index in [1.807, 2.05) is 11.8 Å². The first-order valence-corrected chi connectivity index (χ1v) is 8.04. The molecule has 2 rings (SSSR count). The zero-order chi connectivity index (χ0) is 12.3. The van der Waals surface area contributed by atoms with Crippen LogP contribution in [0.2, 0.25) is 0 Å². The van der Waals surface area contributed by atoms with E-state index in [1.165, 1.54) is 30.8 Å². The molecule has 0 bridgehead atoms. The molecule has 2 aliphatic heterocycles. The Hall–Kier alpha value is 0.230. The second kappa shape index (κ2) is 5.91. The van der Waals surface area contributed by atoms with Crippen LogP contribution in [-0.4, -0.2) is 29.8 Å². The van der Waals surface area contributed by atoms with Crippen molar-refractivity contribution in [2.45, 2.75) is 51.2 Å². The van der Waals surface area contributed by atoms with Crippen LogP contribution in [0.5, 0.6) is 0 Å². The molecule has 4 atom stereocenters. The first-order chi connectivity index (χ1) is 8.21. The Labute approximate surface area is 109 Å². The molecule has 17 heavy (non-hydrogen) atoms. The normalized spacial score (nSPS) is 37.2. The van der Waals surface area contributed by atoms with Gasteiger partial charge in [-0.2, -0.15) is 11.8 Å². The summed E-state index contributed by atoms with van der Waals surface area (Å²) in [5.74, 6) is 9.54. The first-order valence-electron chi connectivity index (χ1n) is 6.88. The molecular weight excluding hydrogens is 232 g/mol. The Morgan fingerprint density at radius 1 is 1.59 bits per heavy atom. The summed E-state index contributed by atoms with van der Waals surface area (Å²) in [6.07, 6.45) is 4.77. The summed E-state index contributed by atoms with van der Waals surface area (Å²) in [6, 6.07) is 0.450. The standard InChI is InChI=1S/C13H26N2OS/c1-3-10(2)12(15-14)11-4-6-16-13(8-11)5-7-17-9-13/h10-12,15H,3-9,14H2,1-2H3. The number of nitrogens with one attached hydrogen (secondary N) is 1. The molecule has 0 aliphatic carbocycles. The van der Waals surface area contributed by atoms with Crippen LogP contribution < -0.4 is 11.3 Å². The number of hydrogen-bond acceptors (Lipinski definition) is 4. The molecule has 3 N–H and O–H groups in total. The fraction of sp³-hybridized carbons (Fsp3) is 1.00. The van der Waals surface area contributed by atoms with Crippen LogP contribution in [-0.2, 0) is 4.74 Å². The minimum absolute atomic E-state index is 0.177. The molecule has 2 saturated heterocycles. The summed E-state index contributed by atoms with van der Waals surface area (Å²) in [6.45, 7) is 5.46. The zero-order valence-electron chi connectivity index (χ0n) is 11.1. The van der Waals surface area contributed by atoms with Gasteiger partial charge in [-0.15, -0.1) is 0 Å². The first kappa shape index (κ1) is 13.7. The van der Waals surface area contributed by atoms with Gasteiger partial charge in [0.1, 0.15) is 0 Å². The molecule has 0 aromatic rings. The highest BCUT2D eigenvalue weighted by molar-refractivity contribution is 7.99. The van der Waals surface area contributed by atoms with Gasteiger partial charge in [0.25, 0.3) is 0 Å². The Morgan fingerprint density at radius 2 is 2.41 bits per heavy atom. The van der Waals surface area contributed by atoms with Crippen LogP contribution in [0.1, 0.15) is 39.5 Å². The van der Waals surface area contributed by atoms with E-state index in [1.54, 1.807) is 0 Å². The number of rotatable bonds is 4. The summed E-state index contributed by atoms with van der Waals surface area (Å²) >= 11 is 2.04. The van der Waals surface area contributed by atoms with Gasteiger partial charge in [-0.05, 0) is 36.9 Å². The second-order valence-electron chi connectivity index (χ2n) is 5.66. The van der Waals surface area contributed by atoms with Gasteiger partial charge >= 0.3 is 0 Å². The molecule has 2 fully saturated rings. The van der Waals surface area contributed by atoms with Gasteiger partial charge in [-0.25, -0.2) is 0 Å². The van der Waals surface area contributed by atoms with Gasteiger partial charge in [0.15, 0.2) is 0 Å². The van der Waals surface area contributed by atoms with Crippen LogP contribution in [0, 0.1) is 11.8 Å². The Bertz CT molecular complexity index is 244. The third kappa shape index (κ3) is 2.98. The monoisotopic (exact) mass is 258 g/mol. The maximum absolute atomic E-state index is 6.08.